The van der Waals surface area contributed by atoms with Crippen molar-refractivity contribution in [3.63, 3.8) is 0 Å². The second kappa shape index (κ2) is 9.21. The van der Waals surface area contributed by atoms with Gasteiger partial charge in [-0.3, -0.25) is 4.79 Å². The van der Waals surface area contributed by atoms with Crippen molar-refractivity contribution in [1.29, 1.82) is 0 Å². The molecule has 31 heavy (non-hydrogen) atoms. The summed E-state index contributed by atoms with van der Waals surface area (Å²) < 4.78 is 24.2. The van der Waals surface area contributed by atoms with Gasteiger partial charge < -0.3 is 14.5 Å². The smallest absolute Gasteiger partial charge is 0.339 e. The van der Waals surface area contributed by atoms with Gasteiger partial charge in [0.05, 0.1) is 17.3 Å². The van der Waals surface area contributed by atoms with Gasteiger partial charge in [0, 0.05) is 11.9 Å². The number of amides is 1. The molecule has 4 aromatic rings. The first kappa shape index (κ1) is 20.3. The fourth-order valence-electron chi connectivity index (χ4n) is 3.19. The summed E-state index contributed by atoms with van der Waals surface area (Å²) in [6.07, 6.45) is 1.86. The minimum atomic E-state index is -0.643. The second-order valence-electron chi connectivity index (χ2n) is 6.82. The summed E-state index contributed by atoms with van der Waals surface area (Å²) in [4.78, 5) is 29.3. The molecule has 0 fully saturated rings. The van der Waals surface area contributed by atoms with Crippen molar-refractivity contribution in [1.82, 2.24) is 10.3 Å². The number of hydrogen-bond donors (Lipinski definition) is 1. The molecule has 0 spiro atoms. The summed E-state index contributed by atoms with van der Waals surface area (Å²) in [6.45, 7) is -0.207. The van der Waals surface area contributed by atoms with Crippen LogP contribution in [0.1, 0.15) is 15.9 Å². The van der Waals surface area contributed by atoms with Crippen molar-refractivity contribution in [2.75, 3.05) is 13.2 Å². The van der Waals surface area contributed by atoms with Crippen LogP contribution in [-0.4, -0.2) is 30.0 Å². The number of fused-ring (bicyclic) bond motifs is 1. The Bertz CT molecular complexity index is 1220. The predicted molar refractivity (Wildman–Crippen MR) is 113 cm³/mol. The number of nitrogens with one attached hydrogen (secondary N) is 1. The minimum absolute atomic E-state index is 0.234. The number of halogens is 1. The number of pyridine rings is 1. The van der Waals surface area contributed by atoms with Crippen LogP contribution in [0.3, 0.4) is 0 Å². The molecule has 6 nitrogen and oxygen atoms in total. The number of rotatable bonds is 7. The van der Waals surface area contributed by atoms with Crippen molar-refractivity contribution < 1.29 is 23.1 Å². The number of esters is 1. The van der Waals surface area contributed by atoms with Gasteiger partial charge in [-0.2, -0.15) is 0 Å². The van der Waals surface area contributed by atoms with Gasteiger partial charge in [0.25, 0.3) is 5.91 Å². The number of furan rings is 1. The highest BCUT2D eigenvalue weighted by Gasteiger charge is 2.17. The molecule has 1 amide bonds. The Morgan fingerprint density at radius 3 is 2.65 bits per heavy atom. The van der Waals surface area contributed by atoms with E-state index < -0.39 is 18.5 Å². The van der Waals surface area contributed by atoms with Gasteiger partial charge in [-0.25, -0.2) is 14.2 Å². The van der Waals surface area contributed by atoms with Crippen molar-refractivity contribution in [3.8, 4) is 11.5 Å². The Hall–Kier alpha value is -4.00. The number of ether oxygens (including phenoxy) is 1. The molecular weight excluding hydrogens is 399 g/mol. The van der Waals surface area contributed by atoms with E-state index >= 15 is 0 Å². The zero-order valence-corrected chi connectivity index (χ0v) is 16.5. The SMILES string of the molecule is O=C(COC(=O)c1cc(-c2ccco2)nc2ccccc12)NCCc1ccccc1F. The highest BCUT2D eigenvalue weighted by Crippen LogP contribution is 2.25. The number of carbonyl (C=O) groups excluding carboxylic acids is 2. The molecule has 7 heteroatoms. The zero-order valence-electron chi connectivity index (χ0n) is 16.5. The Balaban J connectivity index is 1.41. The molecule has 2 aromatic heterocycles. The van der Waals surface area contributed by atoms with E-state index in [1.807, 2.05) is 6.07 Å². The lowest BCUT2D eigenvalue weighted by Gasteiger charge is -2.10. The van der Waals surface area contributed by atoms with Crippen LogP contribution in [0.4, 0.5) is 4.39 Å². The average molecular weight is 418 g/mol. The summed E-state index contributed by atoms with van der Waals surface area (Å²) in [5, 5.41) is 3.24. The Morgan fingerprint density at radius 1 is 1.03 bits per heavy atom. The number of benzene rings is 2. The standard InChI is InChI=1S/C24H19FN2O4/c25-19-8-3-1-6-16(19)11-12-26-23(28)15-31-24(29)18-14-21(22-10-5-13-30-22)27-20-9-4-2-7-17(18)20/h1-10,13-14H,11-12,15H2,(H,26,28). The van der Waals surface area contributed by atoms with Crippen LogP contribution in [-0.2, 0) is 16.0 Å². The molecule has 0 unspecified atom stereocenters. The van der Waals surface area contributed by atoms with Gasteiger partial charge in [-0.05, 0) is 42.3 Å². The molecule has 1 N–H and O–H groups in total. The van der Waals surface area contributed by atoms with E-state index in [1.54, 1.807) is 54.6 Å². The quantitative estimate of drug-likeness (QED) is 0.456. The maximum Gasteiger partial charge on any atom is 0.339 e. The van der Waals surface area contributed by atoms with Crippen LogP contribution in [0, 0.1) is 5.82 Å². The van der Waals surface area contributed by atoms with Crippen molar-refractivity contribution in [2.45, 2.75) is 6.42 Å². The molecule has 0 saturated heterocycles. The molecule has 156 valence electrons. The van der Waals surface area contributed by atoms with E-state index in [0.29, 0.717) is 34.3 Å². The molecule has 0 saturated carbocycles. The van der Waals surface area contributed by atoms with Gasteiger partial charge in [-0.15, -0.1) is 0 Å². The molecule has 0 aliphatic rings. The lowest BCUT2D eigenvalue weighted by atomic mass is 10.1. The Labute approximate surface area is 177 Å². The monoisotopic (exact) mass is 418 g/mol. The van der Waals surface area contributed by atoms with Crippen LogP contribution in [0.15, 0.2) is 77.4 Å². The summed E-state index contributed by atoms with van der Waals surface area (Å²) in [6, 6.07) is 18.6. The number of nitrogens with zero attached hydrogens (tertiary/aromatic N) is 1. The van der Waals surface area contributed by atoms with Crippen LogP contribution in [0.5, 0.6) is 0 Å². The van der Waals surface area contributed by atoms with Gasteiger partial charge >= 0.3 is 5.97 Å². The summed E-state index contributed by atoms with van der Waals surface area (Å²) in [5.74, 6) is -0.907. The first-order valence-corrected chi connectivity index (χ1v) is 9.73. The van der Waals surface area contributed by atoms with E-state index in [-0.39, 0.29) is 17.9 Å². The molecule has 0 atom stereocenters. The number of para-hydroxylation sites is 1. The van der Waals surface area contributed by atoms with Gasteiger partial charge in [-0.1, -0.05) is 36.4 Å². The van der Waals surface area contributed by atoms with Crippen molar-refractivity contribution >= 4 is 22.8 Å². The highest BCUT2D eigenvalue weighted by molar-refractivity contribution is 6.05. The van der Waals surface area contributed by atoms with Crippen LogP contribution in [0.25, 0.3) is 22.4 Å². The third kappa shape index (κ3) is 4.78. The van der Waals surface area contributed by atoms with Crippen LogP contribution < -0.4 is 5.32 Å². The maximum atomic E-state index is 13.6. The topological polar surface area (TPSA) is 81.4 Å². The van der Waals surface area contributed by atoms with Gasteiger partial charge in [0.15, 0.2) is 12.4 Å². The molecule has 0 aliphatic heterocycles. The molecule has 2 heterocycles. The fraction of sp³-hybridized carbons (Fsp3) is 0.125. The lowest BCUT2D eigenvalue weighted by Crippen LogP contribution is -2.30. The van der Waals surface area contributed by atoms with Gasteiger partial charge in [0.2, 0.25) is 0 Å². The number of hydrogen-bond acceptors (Lipinski definition) is 5. The first-order chi connectivity index (χ1) is 15.1. The minimum Gasteiger partial charge on any atom is -0.463 e. The molecule has 0 aliphatic carbocycles. The predicted octanol–water partition coefficient (Wildman–Crippen LogP) is 4.15. The van der Waals surface area contributed by atoms with Crippen LogP contribution in [0.2, 0.25) is 0 Å². The normalized spacial score (nSPS) is 10.7. The van der Waals surface area contributed by atoms with E-state index in [0.717, 1.165) is 0 Å². The molecule has 0 bridgehead atoms. The summed E-state index contributed by atoms with van der Waals surface area (Å²) in [7, 11) is 0. The van der Waals surface area contributed by atoms with Crippen molar-refractivity contribution in [3.05, 3.63) is 89.9 Å². The van der Waals surface area contributed by atoms with E-state index in [9.17, 15) is 14.0 Å². The first-order valence-electron chi connectivity index (χ1n) is 9.73. The average Bonchev–Trinajstić information content (AvgIpc) is 3.33. The third-order valence-electron chi connectivity index (χ3n) is 4.72. The fourth-order valence-corrected chi connectivity index (χ4v) is 3.19. The highest BCUT2D eigenvalue weighted by atomic mass is 19.1. The summed E-state index contributed by atoms with van der Waals surface area (Å²) >= 11 is 0. The molecule has 4 rings (SSSR count). The third-order valence-corrected chi connectivity index (χ3v) is 4.72. The van der Waals surface area contributed by atoms with E-state index in [2.05, 4.69) is 10.3 Å². The maximum absolute atomic E-state index is 13.6. The molecule has 2 aromatic carbocycles. The van der Waals surface area contributed by atoms with Gasteiger partial charge in [0.1, 0.15) is 11.5 Å². The Kier molecular flexibility index (Phi) is 6.03. The number of carbonyl (C=O) groups is 2. The van der Waals surface area contributed by atoms with E-state index in [1.165, 1.54) is 12.3 Å². The van der Waals surface area contributed by atoms with E-state index in [4.69, 9.17) is 9.15 Å². The lowest BCUT2D eigenvalue weighted by molar-refractivity contribution is -0.124. The Morgan fingerprint density at radius 2 is 1.84 bits per heavy atom. The summed E-state index contributed by atoms with van der Waals surface area (Å²) in [5.41, 5.74) is 1.90. The molecular formula is C24H19FN2O4. The molecule has 0 radical (unpaired) electrons. The zero-order chi connectivity index (χ0) is 21.6. The largest absolute Gasteiger partial charge is 0.463 e. The number of aromatic nitrogens is 1. The van der Waals surface area contributed by atoms with Crippen LogP contribution >= 0.6 is 0 Å². The second-order valence-corrected chi connectivity index (χ2v) is 6.82. The van der Waals surface area contributed by atoms with Crippen molar-refractivity contribution in [2.24, 2.45) is 0 Å².